The van der Waals surface area contributed by atoms with Crippen LogP contribution >= 0.6 is 11.3 Å². The normalized spacial score (nSPS) is 21.4. The number of hydrogen-bond acceptors (Lipinski definition) is 6. The van der Waals surface area contributed by atoms with Crippen LogP contribution in [-0.2, 0) is 16.1 Å². The zero-order valence-electron chi connectivity index (χ0n) is 17.1. The first-order valence-corrected chi connectivity index (χ1v) is 10.9. The molecule has 1 aliphatic rings. The molecule has 1 fully saturated rings. The summed E-state index contributed by atoms with van der Waals surface area (Å²) in [5, 5.41) is 5.97. The van der Waals surface area contributed by atoms with Crippen molar-refractivity contribution in [1.29, 1.82) is 0 Å². The maximum absolute atomic E-state index is 12.2. The number of benzene rings is 1. The van der Waals surface area contributed by atoms with Crippen molar-refractivity contribution in [2.45, 2.75) is 52.7 Å². The van der Waals surface area contributed by atoms with E-state index in [1.165, 1.54) is 6.42 Å². The number of nitrogens with zero attached hydrogens (tertiary/aromatic N) is 1. The lowest BCUT2D eigenvalue weighted by Gasteiger charge is -2.34. The minimum Gasteiger partial charge on any atom is -0.487 e. The minimum absolute atomic E-state index is 0.155. The van der Waals surface area contributed by atoms with E-state index < -0.39 is 5.97 Å². The SMILES string of the molecule is Cc1nc(COc2ccc(C(=O)OCC(=O)N[C@H]3CCC[C@H](C)[C@@H]3C)cc2)cs1. The van der Waals surface area contributed by atoms with Crippen molar-refractivity contribution in [2.24, 2.45) is 11.8 Å². The molecule has 2 aromatic rings. The summed E-state index contributed by atoms with van der Waals surface area (Å²) in [6.45, 7) is 6.45. The van der Waals surface area contributed by atoms with Crippen molar-refractivity contribution in [2.75, 3.05) is 6.61 Å². The third-order valence-electron chi connectivity index (χ3n) is 5.53. The van der Waals surface area contributed by atoms with E-state index >= 15 is 0 Å². The summed E-state index contributed by atoms with van der Waals surface area (Å²) >= 11 is 1.58. The van der Waals surface area contributed by atoms with Crippen LogP contribution in [0.2, 0.25) is 0 Å². The third kappa shape index (κ3) is 6.03. The standard InChI is InChI=1S/C22H28N2O4S/c1-14-5-4-6-20(15(14)2)24-21(25)12-28-22(26)17-7-9-19(10-8-17)27-11-18-13-29-16(3)23-18/h7-10,13-15,20H,4-6,11-12H2,1-3H3,(H,24,25)/t14-,15-,20-/m0/s1. The molecule has 29 heavy (non-hydrogen) atoms. The van der Waals surface area contributed by atoms with Crippen LogP contribution in [0.4, 0.5) is 0 Å². The fourth-order valence-corrected chi connectivity index (χ4v) is 4.16. The Morgan fingerprint density at radius 2 is 1.97 bits per heavy atom. The van der Waals surface area contributed by atoms with Crippen molar-refractivity contribution in [1.82, 2.24) is 10.3 Å². The molecular weight excluding hydrogens is 388 g/mol. The van der Waals surface area contributed by atoms with Gasteiger partial charge in [-0.2, -0.15) is 0 Å². The number of aromatic nitrogens is 1. The van der Waals surface area contributed by atoms with Gasteiger partial charge in [-0.3, -0.25) is 4.79 Å². The van der Waals surface area contributed by atoms with Crippen molar-refractivity contribution in [3.8, 4) is 5.75 Å². The predicted molar refractivity (Wildman–Crippen MR) is 112 cm³/mol. The molecule has 1 aliphatic carbocycles. The Kier molecular flexibility index (Phi) is 7.25. The average Bonchev–Trinajstić information content (AvgIpc) is 3.13. The van der Waals surface area contributed by atoms with Crippen LogP contribution in [0.1, 0.15) is 54.2 Å². The molecule has 1 heterocycles. The lowest BCUT2D eigenvalue weighted by molar-refractivity contribution is -0.125. The number of nitrogens with one attached hydrogen (secondary N) is 1. The molecule has 6 nitrogen and oxygen atoms in total. The van der Waals surface area contributed by atoms with Crippen molar-refractivity contribution < 1.29 is 19.1 Å². The number of esters is 1. The lowest BCUT2D eigenvalue weighted by Crippen LogP contribution is -2.45. The molecule has 0 saturated heterocycles. The van der Waals surface area contributed by atoms with E-state index in [0.717, 1.165) is 23.5 Å². The number of thiazole rings is 1. The molecule has 0 bridgehead atoms. The van der Waals surface area contributed by atoms with Crippen LogP contribution in [0.5, 0.6) is 5.75 Å². The predicted octanol–water partition coefficient (Wildman–Crippen LogP) is 4.13. The van der Waals surface area contributed by atoms with Gasteiger partial charge in [-0.15, -0.1) is 11.3 Å². The zero-order valence-corrected chi connectivity index (χ0v) is 18.0. The summed E-state index contributed by atoms with van der Waals surface area (Å²) in [5.74, 6) is 0.904. The minimum atomic E-state index is -0.521. The highest BCUT2D eigenvalue weighted by Gasteiger charge is 2.28. The van der Waals surface area contributed by atoms with Gasteiger partial charge in [0.05, 0.1) is 16.3 Å². The first kappa shape index (κ1) is 21.3. The van der Waals surface area contributed by atoms with E-state index in [1.807, 2.05) is 12.3 Å². The quantitative estimate of drug-likeness (QED) is 0.687. The van der Waals surface area contributed by atoms with Gasteiger partial charge >= 0.3 is 5.97 Å². The number of carbonyl (C=O) groups is 2. The smallest absolute Gasteiger partial charge is 0.338 e. The monoisotopic (exact) mass is 416 g/mol. The average molecular weight is 417 g/mol. The van der Waals surface area contributed by atoms with Crippen molar-refractivity contribution >= 4 is 23.2 Å². The second kappa shape index (κ2) is 9.87. The Bertz CT molecular complexity index is 834. The van der Waals surface area contributed by atoms with Crippen LogP contribution < -0.4 is 10.1 Å². The number of carbonyl (C=O) groups excluding carboxylic acids is 2. The van der Waals surface area contributed by atoms with E-state index in [1.54, 1.807) is 35.6 Å². The molecule has 3 rings (SSSR count). The summed E-state index contributed by atoms with van der Waals surface area (Å²) in [5.41, 5.74) is 1.26. The molecule has 1 saturated carbocycles. The molecule has 3 atom stereocenters. The Morgan fingerprint density at radius 3 is 2.66 bits per heavy atom. The molecule has 1 N–H and O–H groups in total. The van der Waals surface area contributed by atoms with Gasteiger partial charge in [0.2, 0.25) is 0 Å². The summed E-state index contributed by atoms with van der Waals surface area (Å²) in [7, 11) is 0. The van der Waals surface area contributed by atoms with E-state index in [4.69, 9.17) is 9.47 Å². The largest absolute Gasteiger partial charge is 0.487 e. The highest BCUT2D eigenvalue weighted by Crippen LogP contribution is 2.29. The molecule has 0 aliphatic heterocycles. The molecule has 7 heteroatoms. The second-order valence-electron chi connectivity index (χ2n) is 7.69. The fourth-order valence-electron chi connectivity index (χ4n) is 3.57. The van der Waals surface area contributed by atoms with E-state index in [9.17, 15) is 9.59 Å². The number of amides is 1. The van der Waals surface area contributed by atoms with Gasteiger partial charge in [-0.05, 0) is 49.4 Å². The molecule has 1 aromatic carbocycles. The zero-order chi connectivity index (χ0) is 20.8. The van der Waals surface area contributed by atoms with Gasteiger partial charge in [0, 0.05) is 11.4 Å². The van der Waals surface area contributed by atoms with Gasteiger partial charge in [-0.25, -0.2) is 9.78 Å². The van der Waals surface area contributed by atoms with Crippen LogP contribution in [-0.4, -0.2) is 29.5 Å². The number of hydrogen-bond donors (Lipinski definition) is 1. The molecule has 0 spiro atoms. The maximum atomic E-state index is 12.2. The highest BCUT2D eigenvalue weighted by atomic mass is 32.1. The van der Waals surface area contributed by atoms with Crippen LogP contribution in [0.3, 0.4) is 0 Å². The summed E-state index contributed by atoms with van der Waals surface area (Å²) < 4.78 is 10.8. The van der Waals surface area contributed by atoms with E-state index in [2.05, 4.69) is 24.1 Å². The van der Waals surface area contributed by atoms with Gasteiger partial charge in [0.25, 0.3) is 5.91 Å². The first-order chi connectivity index (χ1) is 13.9. The van der Waals surface area contributed by atoms with Crippen LogP contribution in [0.15, 0.2) is 29.6 Å². The first-order valence-electron chi connectivity index (χ1n) is 10.0. The summed E-state index contributed by atoms with van der Waals surface area (Å²) in [4.78, 5) is 28.7. The molecule has 0 unspecified atom stereocenters. The number of ether oxygens (including phenoxy) is 2. The summed E-state index contributed by atoms with van der Waals surface area (Å²) in [6.07, 6.45) is 3.30. The Labute approximate surface area is 175 Å². The molecule has 156 valence electrons. The molecular formula is C22H28N2O4S. The Balaban J connectivity index is 1.43. The fraction of sp³-hybridized carbons (Fsp3) is 0.500. The molecule has 1 amide bonds. The molecule has 0 radical (unpaired) electrons. The Hall–Kier alpha value is -2.41. The van der Waals surface area contributed by atoms with Gasteiger partial charge in [-0.1, -0.05) is 26.7 Å². The summed E-state index contributed by atoms with van der Waals surface area (Å²) in [6, 6.07) is 6.84. The van der Waals surface area contributed by atoms with Gasteiger partial charge < -0.3 is 14.8 Å². The van der Waals surface area contributed by atoms with E-state index in [-0.39, 0.29) is 18.6 Å². The Morgan fingerprint density at radius 1 is 1.21 bits per heavy atom. The third-order valence-corrected chi connectivity index (χ3v) is 6.35. The van der Waals surface area contributed by atoms with Crippen molar-refractivity contribution in [3.63, 3.8) is 0 Å². The highest BCUT2D eigenvalue weighted by molar-refractivity contribution is 7.09. The number of aryl methyl sites for hydroxylation is 1. The maximum Gasteiger partial charge on any atom is 0.338 e. The lowest BCUT2D eigenvalue weighted by atomic mass is 9.78. The number of rotatable bonds is 7. The van der Waals surface area contributed by atoms with Crippen LogP contribution in [0.25, 0.3) is 0 Å². The second-order valence-corrected chi connectivity index (χ2v) is 8.75. The van der Waals surface area contributed by atoms with Crippen LogP contribution in [0, 0.1) is 18.8 Å². The van der Waals surface area contributed by atoms with Gasteiger partial charge in [0.1, 0.15) is 12.4 Å². The van der Waals surface area contributed by atoms with E-state index in [0.29, 0.717) is 29.8 Å². The topological polar surface area (TPSA) is 77.5 Å². The van der Waals surface area contributed by atoms with Crippen molar-refractivity contribution in [3.05, 3.63) is 45.9 Å². The van der Waals surface area contributed by atoms with Gasteiger partial charge in [0.15, 0.2) is 6.61 Å². The molecule has 1 aromatic heterocycles.